The number of carbonyl (C=O) groups is 1. The van der Waals surface area contributed by atoms with Crippen LogP contribution >= 0.6 is 22.9 Å². The third kappa shape index (κ3) is 2.15. The van der Waals surface area contributed by atoms with Crippen LogP contribution in [0.5, 0.6) is 0 Å². The summed E-state index contributed by atoms with van der Waals surface area (Å²) in [5.41, 5.74) is 0. The smallest absolute Gasteiger partial charge is 0.203 e. The Morgan fingerprint density at radius 3 is 2.93 bits per heavy atom. The van der Waals surface area contributed by atoms with E-state index in [1.807, 2.05) is 0 Å². The van der Waals surface area contributed by atoms with Gasteiger partial charge in [-0.25, -0.2) is 0 Å². The molecule has 2 rings (SSSR count). The van der Waals surface area contributed by atoms with Crippen molar-refractivity contribution in [1.29, 1.82) is 0 Å². The third-order valence-electron chi connectivity index (χ3n) is 1.92. The largest absolute Gasteiger partial charge is 0.376 e. The van der Waals surface area contributed by atoms with Crippen molar-refractivity contribution in [1.82, 2.24) is 0 Å². The van der Waals surface area contributed by atoms with Crippen LogP contribution in [0, 0.1) is 0 Å². The molecule has 1 atom stereocenters. The first-order chi connectivity index (χ1) is 6.77. The predicted molar refractivity (Wildman–Crippen MR) is 54.2 cm³/mol. The van der Waals surface area contributed by atoms with Gasteiger partial charge >= 0.3 is 0 Å². The molecule has 1 aromatic heterocycles. The van der Waals surface area contributed by atoms with Crippen molar-refractivity contribution in [2.24, 2.45) is 0 Å². The van der Waals surface area contributed by atoms with Crippen molar-refractivity contribution in [2.45, 2.75) is 6.10 Å². The van der Waals surface area contributed by atoms with E-state index in [1.165, 1.54) is 11.3 Å². The molecule has 0 N–H and O–H groups in total. The summed E-state index contributed by atoms with van der Waals surface area (Å²) in [7, 11) is 0. The van der Waals surface area contributed by atoms with Crippen molar-refractivity contribution in [3.8, 4) is 0 Å². The second-order valence-corrected chi connectivity index (χ2v) is 4.62. The maximum atomic E-state index is 11.8. The number of ketones is 1. The molecule has 1 fully saturated rings. The topological polar surface area (TPSA) is 35.5 Å². The van der Waals surface area contributed by atoms with Crippen LogP contribution in [0.3, 0.4) is 0 Å². The number of carbonyl (C=O) groups excluding carboxylic acids is 1. The van der Waals surface area contributed by atoms with Gasteiger partial charge in [0.15, 0.2) is 0 Å². The fourth-order valence-corrected chi connectivity index (χ4v) is 2.27. The fraction of sp³-hybridized carbons (Fsp3) is 0.444. The van der Waals surface area contributed by atoms with Crippen LogP contribution in [0.1, 0.15) is 9.67 Å². The first kappa shape index (κ1) is 10.1. The Balaban J connectivity index is 2.07. The van der Waals surface area contributed by atoms with Gasteiger partial charge in [0, 0.05) is 0 Å². The minimum absolute atomic E-state index is 0.0402. The first-order valence-electron chi connectivity index (χ1n) is 4.26. The molecular weight excluding hydrogens is 224 g/mol. The van der Waals surface area contributed by atoms with E-state index in [4.69, 9.17) is 21.1 Å². The zero-order valence-electron chi connectivity index (χ0n) is 7.36. The first-order valence-corrected chi connectivity index (χ1v) is 5.46. The van der Waals surface area contributed by atoms with Crippen LogP contribution in [0.2, 0.25) is 4.34 Å². The summed E-state index contributed by atoms with van der Waals surface area (Å²) < 4.78 is 11.1. The number of ether oxygens (including phenoxy) is 2. The lowest BCUT2D eigenvalue weighted by Gasteiger charge is -2.20. The van der Waals surface area contributed by atoms with Crippen molar-refractivity contribution in [3.05, 3.63) is 21.3 Å². The Hall–Kier alpha value is -0.420. The Morgan fingerprint density at radius 1 is 1.50 bits per heavy atom. The van der Waals surface area contributed by atoms with Gasteiger partial charge in [0.25, 0.3) is 0 Å². The van der Waals surface area contributed by atoms with Gasteiger partial charge in [0.05, 0.1) is 29.0 Å². The lowest BCUT2D eigenvalue weighted by atomic mass is 10.2. The van der Waals surface area contributed by atoms with E-state index in [0.717, 1.165) is 0 Å². The minimum atomic E-state index is -0.460. The zero-order chi connectivity index (χ0) is 9.97. The van der Waals surface area contributed by atoms with Crippen molar-refractivity contribution in [2.75, 3.05) is 19.8 Å². The summed E-state index contributed by atoms with van der Waals surface area (Å²) in [6.45, 7) is 1.39. The highest BCUT2D eigenvalue weighted by atomic mass is 35.5. The molecule has 0 aromatic carbocycles. The molecule has 0 aliphatic carbocycles. The van der Waals surface area contributed by atoms with Crippen molar-refractivity contribution < 1.29 is 14.3 Å². The number of thiophene rings is 1. The Labute approximate surface area is 90.6 Å². The number of Topliss-reactive ketones (excluding diaryl/α,β-unsaturated/α-hetero) is 1. The van der Waals surface area contributed by atoms with Gasteiger partial charge in [0.1, 0.15) is 6.10 Å². The minimum Gasteiger partial charge on any atom is -0.376 e. The quantitative estimate of drug-likeness (QED) is 0.732. The highest BCUT2D eigenvalue weighted by molar-refractivity contribution is 7.18. The van der Waals surface area contributed by atoms with E-state index in [9.17, 15) is 4.79 Å². The van der Waals surface area contributed by atoms with E-state index in [2.05, 4.69) is 0 Å². The Morgan fingerprint density at radius 2 is 2.36 bits per heavy atom. The van der Waals surface area contributed by atoms with Gasteiger partial charge < -0.3 is 9.47 Å². The highest BCUT2D eigenvalue weighted by Crippen LogP contribution is 2.23. The number of halogens is 1. The van der Waals surface area contributed by atoms with Gasteiger partial charge in [-0.1, -0.05) is 11.6 Å². The number of hydrogen-bond donors (Lipinski definition) is 0. The van der Waals surface area contributed by atoms with Crippen molar-refractivity contribution >= 4 is 28.7 Å². The van der Waals surface area contributed by atoms with E-state index in [1.54, 1.807) is 12.1 Å². The molecule has 0 radical (unpaired) electrons. The van der Waals surface area contributed by atoms with Gasteiger partial charge in [-0.2, -0.15) is 0 Å². The Bertz CT molecular complexity index is 331. The molecule has 0 bridgehead atoms. The standard InChI is InChI=1S/C9H9ClO3S/c10-8-2-1-7(14-8)9(11)6-5-12-3-4-13-6/h1-2,6H,3-5H2. The molecule has 76 valence electrons. The van der Waals surface area contributed by atoms with Crippen LogP contribution in [0.4, 0.5) is 0 Å². The summed E-state index contributed by atoms with van der Waals surface area (Å²) in [5.74, 6) is -0.0402. The average molecular weight is 233 g/mol. The molecule has 3 nitrogen and oxygen atoms in total. The summed E-state index contributed by atoms with van der Waals surface area (Å²) in [4.78, 5) is 12.4. The molecule has 1 aliphatic heterocycles. The molecule has 1 aliphatic rings. The molecule has 1 unspecified atom stereocenters. The lowest BCUT2D eigenvalue weighted by Crippen LogP contribution is -2.35. The van der Waals surface area contributed by atoms with Gasteiger partial charge in [0.2, 0.25) is 5.78 Å². The van der Waals surface area contributed by atoms with E-state index < -0.39 is 6.10 Å². The Kier molecular flexibility index (Phi) is 3.18. The molecule has 0 saturated carbocycles. The van der Waals surface area contributed by atoms with Gasteiger partial charge in [-0.05, 0) is 12.1 Å². The maximum absolute atomic E-state index is 11.8. The molecule has 5 heteroatoms. The molecule has 2 heterocycles. The normalized spacial score (nSPS) is 22.2. The summed E-state index contributed by atoms with van der Waals surface area (Å²) in [6, 6.07) is 3.43. The van der Waals surface area contributed by atoms with E-state index in [0.29, 0.717) is 29.0 Å². The predicted octanol–water partition coefficient (Wildman–Crippen LogP) is 2.00. The van der Waals surface area contributed by atoms with E-state index >= 15 is 0 Å². The molecule has 0 spiro atoms. The van der Waals surface area contributed by atoms with Crippen LogP contribution in [-0.2, 0) is 9.47 Å². The van der Waals surface area contributed by atoms with Crippen LogP contribution < -0.4 is 0 Å². The fourth-order valence-electron chi connectivity index (χ4n) is 1.24. The highest BCUT2D eigenvalue weighted by Gasteiger charge is 2.24. The molecule has 14 heavy (non-hydrogen) atoms. The zero-order valence-corrected chi connectivity index (χ0v) is 8.94. The van der Waals surface area contributed by atoms with Crippen molar-refractivity contribution in [3.63, 3.8) is 0 Å². The molecule has 1 saturated heterocycles. The van der Waals surface area contributed by atoms with Crippen LogP contribution in [0.25, 0.3) is 0 Å². The van der Waals surface area contributed by atoms with Crippen LogP contribution in [-0.4, -0.2) is 31.7 Å². The summed E-state index contributed by atoms with van der Waals surface area (Å²) in [5, 5.41) is 0. The van der Waals surface area contributed by atoms with Gasteiger partial charge in [-0.3, -0.25) is 4.79 Å². The second-order valence-electron chi connectivity index (χ2n) is 2.90. The molecule has 0 amide bonds. The summed E-state index contributed by atoms with van der Waals surface area (Å²) >= 11 is 7.01. The SMILES string of the molecule is O=C(c1ccc(Cl)s1)C1COCCO1. The second kappa shape index (κ2) is 4.40. The monoisotopic (exact) mass is 232 g/mol. The number of hydrogen-bond acceptors (Lipinski definition) is 4. The third-order valence-corrected chi connectivity index (χ3v) is 3.17. The molecular formula is C9H9ClO3S. The van der Waals surface area contributed by atoms with Crippen LogP contribution in [0.15, 0.2) is 12.1 Å². The summed E-state index contributed by atoms with van der Waals surface area (Å²) in [6.07, 6.45) is -0.460. The average Bonchev–Trinajstić information content (AvgIpc) is 2.65. The molecule has 1 aromatic rings. The maximum Gasteiger partial charge on any atom is 0.203 e. The van der Waals surface area contributed by atoms with Gasteiger partial charge in [-0.15, -0.1) is 11.3 Å². The van der Waals surface area contributed by atoms with E-state index in [-0.39, 0.29) is 5.78 Å². The number of rotatable bonds is 2. The lowest BCUT2D eigenvalue weighted by molar-refractivity contribution is -0.0717.